The largest absolute Gasteiger partial charge is 0.506 e. The van der Waals surface area contributed by atoms with Crippen molar-refractivity contribution in [3.63, 3.8) is 0 Å². The van der Waals surface area contributed by atoms with E-state index in [9.17, 15) is 34.8 Å². The molecule has 0 saturated carbocycles. The molecule has 0 aromatic heterocycles. The number of hydrogen-bond donors (Lipinski definition) is 4. The van der Waals surface area contributed by atoms with Crippen LogP contribution >= 0.6 is 0 Å². The van der Waals surface area contributed by atoms with E-state index >= 15 is 0 Å². The lowest BCUT2D eigenvalue weighted by Gasteiger charge is -2.45. The number of carbonyl (C=O) groups excluding carboxylic acids is 2. The van der Waals surface area contributed by atoms with E-state index in [1.54, 1.807) is 38.2 Å². The third kappa shape index (κ3) is 7.77. The fourth-order valence-electron chi connectivity index (χ4n) is 6.49. The summed E-state index contributed by atoms with van der Waals surface area (Å²) >= 11 is 0. The molecule has 262 valence electrons. The summed E-state index contributed by atoms with van der Waals surface area (Å²) in [4.78, 5) is 37.6. The number of carbonyl (C=O) groups is 3. The number of phenolic OH excluding ortho intramolecular Hbond substituents is 1. The van der Waals surface area contributed by atoms with Gasteiger partial charge in [-0.1, -0.05) is 23.8 Å². The summed E-state index contributed by atoms with van der Waals surface area (Å²) in [5, 5.41) is 41.6. The normalized spacial score (nSPS) is 24.3. The van der Waals surface area contributed by atoms with Crippen molar-refractivity contribution in [2.75, 3.05) is 6.61 Å². The number of carboxylic acids is 1. The molecular weight excluding hydrogens is 616 g/mol. The Balaban J connectivity index is 1.78. The Hall–Kier alpha value is -3.73. The van der Waals surface area contributed by atoms with Crippen LogP contribution in [0.2, 0.25) is 0 Å². The molecule has 1 aromatic carbocycles. The van der Waals surface area contributed by atoms with E-state index in [0.29, 0.717) is 42.6 Å². The number of ketones is 1. The first kappa shape index (κ1) is 37.1. The molecule has 2 heterocycles. The molecule has 0 bridgehead atoms. The molecule has 4 rings (SSSR count). The lowest BCUT2D eigenvalue weighted by molar-refractivity contribution is -0.132. The van der Waals surface area contributed by atoms with Gasteiger partial charge in [0.2, 0.25) is 0 Å². The number of hydrogen-bond acceptors (Lipinski definition) is 9. The Kier molecular flexibility index (Phi) is 10.8. The highest BCUT2D eigenvalue weighted by Crippen LogP contribution is 2.53. The molecule has 1 aliphatic carbocycles. The monoisotopic (exact) mass is 666 g/mol. The lowest BCUT2D eigenvalue weighted by Crippen LogP contribution is -2.51. The molecule has 4 unspecified atom stereocenters. The minimum atomic E-state index is -1.29. The second kappa shape index (κ2) is 14.0. The maximum absolute atomic E-state index is 14.3. The highest BCUT2D eigenvalue weighted by atomic mass is 16.5. The molecule has 0 radical (unpaired) electrons. The molecule has 10 heteroatoms. The smallest absolute Gasteiger partial charge is 0.330 e. The van der Waals surface area contributed by atoms with Crippen molar-refractivity contribution in [2.45, 2.75) is 117 Å². The zero-order valence-corrected chi connectivity index (χ0v) is 29.3. The highest BCUT2D eigenvalue weighted by molar-refractivity contribution is 6.15. The van der Waals surface area contributed by atoms with Gasteiger partial charge >= 0.3 is 5.97 Å². The van der Waals surface area contributed by atoms with Crippen LogP contribution in [0.4, 0.5) is 0 Å². The van der Waals surface area contributed by atoms with Crippen LogP contribution < -0.4 is 9.47 Å². The van der Waals surface area contributed by atoms with Crippen LogP contribution in [0.15, 0.2) is 41.0 Å². The van der Waals surface area contributed by atoms with E-state index in [1.165, 1.54) is 6.92 Å². The molecular formula is C38H50O10. The van der Waals surface area contributed by atoms with Gasteiger partial charge in [-0.25, -0.2) is 4.79 Å². The minimum absolute atomic E-state index is 0.0148. The van der Waals surface area contributed by atoms with Crippen molar-refractivity contribution in [2.24, 2.45) is 11.8 Å². The van der Waals surface area contributed by atoms with Crippen molar-refractivity contribution < 1.29 is 49.0 Å². The van der Waals surface area contributed by atoms with Gasteiger partial charge in [0.05, 0.1) is 29.5 Å². The van der Waals surface area contributed by atoms with Gasteiger partial charge in [-0.3, -0.25) is 4.79 Å². The Bertz CT molecular complexity index is 1570. The van der Waals surface area contributed by atoms with Crippen LogP contribution in [0.1, 0.15) is 103 Å². The van der Waals surface area contributed by atoms with Crippen molar-refractivity contribution in [3.8, 4) is 17.2 Å². The maximum Gasteiger partial charge on any atom is 0.330 e. The van der Waals surface area contributed by atoms with Crippen LogP contribution in [0.3, 0.4) is 0 Å². The van der Waals surface area contributed by atoms with Crippen LogP contribution in [-0.4, -0.2) is 74.1 Å². The first-order chi connectivity index (χ1) is 22.3. The molecule has 0 spiro atoms. The van der Waals surface area contributed by atoms with Crippen molar-refractivity contribution >= 4 is 24.1 Å². The number of benzene rings is 1. The summed E-state index contributed by atoms with van der Waals surface area (Å²) in [6.07, 6.45) is 9.43. The molecule has 1 aromatic rings. The Morgan fingerprint density at radius 1 is 1.17 bits per heavy atom. The summed E-state index contributed by atoms with van der Waals surface area (Å²) in [5.41, 5.74) is -0.591. The molecule has 0 amide bonds. The van der Waals surface area contributed by atoms with E-state index in [1.807, 2.05) is 40.7 Å². The molecule has 0 saturated heterocycles. The number of carboxylic acid groups (broad SMARTS) is 1. The molecule has 3 aliphatic rings. The zero-order chi connectivity index (χ0) is 35.8. The summed E-state index contributed by atoms with van der Waals surface area (Å²) in [5.74, 6) is -2.13. The van der Waals surface area contributed by atoms with Gasteiger partial charge in [-0.2, -0.15) is 0 Å². The van der Waals surface area contributed by atoms with Gasteiger partial charge < -0.3 is 39.4 Å². The average molecular weight is 667 g/mol. The first-order valence-electron chi connectivity index (χ1n) is 16.6. The summed E-state index contributed by atoms with van der Waals surface area (Å²) in [7, 11) is 0. The number of fused-ring (bicyclic) bond motifs is 3. The first-order valence-corrected chi connectivity index (χ1v) is 16.6. The van der Waals surface area contributed by atoms with Gasteiger partial charge in [0.25, 0.3) is 0 Å². The predicted octanol–water partition coefficient (Wildman–Crippen LogP) is 5.90. The van der Waals surface area contributed by atoms with Crippen LogP contribution in [0.5, 0.6) is 17.2 Å². The topological polar surface area (TPSA) is 160 Å². The number of aromatic hydroxyl groups is 1. The third-order valence-corrected chi connectivity index (χ3v) is 9.67. The minimum Gasteiger partial charge on any atom is -0.506 e. The quantitative estimate of drug-likeness (QED) is 0.0864. The van der Waals surface area contributed by atoms with Gasteiger partial charge in [0.15, 0.2) is 5.78 Å². The van der Waals surface area contributed by atoms with Crippen LogP contribution in [0, 0.1) is 11.8 Å². The molecule has 2 aliphatic heterocycles. The number of aliphatic hydroxyl groups excluding tert-OH is 1. The Labute approximate surface area is 282 Å². The Morgan fingerprint density at radius 2 is 1.85 bits per heavy atom. The van der Waals surface area contributed by atoms with Crippen molar-refractivity contribution in [1.82, 2.24) is 0 Å². The average Bonchev–Trinajstić information content (AvgIpc) is 3.00. The number of allylic oxidation sites excluding steroid dienone is 3. The van der Waals surface area contributed by atoms with E-state index in [2.05, 4.69) is 0 Å². The van der Waals surface area contributed by atoms with Gasteiger partial charge in [0.1, 0.15) is 40.8 Å². The molecule has 0 fully saturated rings. The van der Waals surface area contributed by atoms with Gasteiger partial charge in [-0.05, 0) is 99.6 Å². The fraction of sp³-hybridized carbons (Fsp3) is 0.553. The van der Waals surface area contributed by atoms with Crippen molar-refractivity contribution in [1.29, 1.82) is 0 Å². The molecule has 4 N–H and O–H groups in total. The second-order valence-corrected chi connectivity index (χ2v) is 14.8. The van der Waals surface area contributed by atoms with E-state index in [-0.39, 0.29) is 41.2 Å². The number of Topliss-reactive ketones (excluding diaryl/α,β-unsaturated/α-hetero) is 1. The number of aliphatic carboxylic acids is 1. The van der Waals surface area contributed by atoms with E-state index < -0.39 is 52.6 Å². The number of phenols is 1. The zero-order valence-electron chi connectivity index (χ0n) is 29.3. The SMILES string of the molecule is CC(C)=CCc1c2c(c(O)c3c1OC1C(=CC(C=O)CC1C(C)(C)OCC/C=C(/C)C(=O)O)C3=O)C=C[C@@](C)(CCC(O)C(C)(C)O)O2. The number of aliphatic hydroxyl groups is 2. The summed E-state index contributed by atoms with van der Waals surface area (Å²) in [6, 6.07) is 0. The third-order valence-electron chi connectivity index (χ3n) is 9.67. The Morgan fingerprint density at radius 3 is 2.46 bits per heavy atom. The van der Waals surface area contributed by atoms with Crippen LogP contribution in [-0.2, 0) is 20.7 Å². The van der Waals surface area contributed by atoms with Crippen molar-refractivity contribution in [3.05, 3.63) is 57.7 Å². The molecule has 5 atom stereocenters. The number of aldehydes is 1. The van der Waals surface area contributed by atoms with Gasteiger partial charge in [0, 0.05) is 28.5 Å². The maximum atomic E-state index is 14.3. The summed E-state index contributed by atoms with van der Waals surface area (Å²) in [6.45, 7) is 14.3. The van der Waals surface area contributed by atoms with E-state index in [0.717, 1.165) is 11.9 Å². The molecule has 10 nitrogen and oxygen atoms in total. The van der Waals surface area contributed by atoms with Crippen LogP contribution in [0.25, 0.3) is 6.08 Å². The van der Waals surface area contributed by atoms with Gasteiger partial charge in [-0.15, -0.1) is 0 Å². The lowest BCUT2D eigenvalue weighted by atomic mass is 9.70. The molecule has 48 heavy (non-hydrogen) atoms. The number of rotatable bonds is 13. The number of ether oxygens (including phenoxy) is 3. The van der Waals surface area contributed by atoms with E-state index in [4.69, 9.17) is 14.2 Å². The summed E-state index contributed by atoms with van der Waals surface area (Å²) < 4.78 is 19.6. The predicted molar refractivity (Wildman–Crippen MR) is 181 cm³/mol. The highest BCUT2D eigenvalue weighted by Gasteiger charge is 2.50. The standard InChI is InChI=1S/C38H50O10/c1-21(2)11-12-25-32-24(13-15-38(8,48-32)16-14-28(40)36(4,5)45)30(41)29-31(42)26-18-23(20-39)19-27(33(26)47-34(25)29)37(6,7)46-17-9-10-22(3)35(43)44/h10-11,13,15,18,20,23,27-28,33,40-41,45H,9,12,14,16-17,19H2,1-8H3,(H,43,44)/b22-10-/t23?,27?,28?,33?,38-/m0/s1. The second-order valence-electron chi connectivity index (χ2n) is 14.8. The fourth-order valence-corrected chi connectivity index (χ4v) is 6.49.